The van der Waals surface area contributed by atoms with Crippen LogP contribution in [0.4, 0.5) is 5.69 Å². The first-order valence-electron chi connectivity index (χ1n) is 13.5. The highest BCUT2D eigenvalue weighted by Gasteiger charge is 2.28. The topological polar surface area (TPSA) is 98.1 Å². The van der Waals surface area contributed by atoms with Crippen molar-refractivity contribution in [3.8, 4) is 17.6 Å². The normalized spacial score (nSPS) is 11.4. The van der Waals surface area contributed by atoms with Crippen LogP contribution < -0.4 is 14.4 Å². The number of rotatable bonds is 15. The highest BCUT2D eigenvalue weighted by Crippen LogP contribution is 2.26. The Morgan fingerprint density at radius 2 is 1.55 bits per heavy atom. The first kappa shape index (κ1) is 30.2. The number of ether oxygens (including phenoxy) is 4. The van der Waals surface area contributed by atoms with Gasteiger partial charge in [-0.2, -0.15) is 5.26 Å². The average Bonchev–Trinajstić information content (AvgIpc) is 2.97. The second-order valence-corrected chi connectivity index (χ2v) is 9.22. The van der Waals surface area contributed by atoms with Crippen LogP contribution in [0.15, 0.2) is 78.9 Å². The summed E-state index contributed by atoms with van der Waals surface area (Å²) in [7, 11) is 0. The fourth-order valence-electron chi connectivity index (χ4n) is 3.98. The van der Waals surface area contributed by atoms with E-state index in [0.29, 0.717) is 29.9 Å². The number of nitriles is 1. The zero-order chi connectivity index (χ0) is 28.7. The summed E-state index contributed by atoms with van der Waals surface area (Å²) < 4.78 is 22.6. The molecule has 0 fully saturated rings. The van der Waals surface area contributed by atoms with Crippen molar-refractivity contribution in [2.45, 2.75) is 52.4 Å². The van der Waals surface area contributed by atoms with Gasteiger partial charge < -0.3 is 23.8 Å². The Kier molecular flexibility index (Phi) is 12.0. The molecule has 0 N–H and O–H groups in total. The van der Waals surface area contributed by atoms with Crippen LogP contribution in [0.25, 0.3) is 0 Å². The Balaban J connectivity index is 1.59. The molecule has 3 rings (SSSR count). The first-order chi connectivity index (χ1) is 19.4. The van der Waals surface area contributed by atoms with Crippen molar-refractivity contribution in [1.29, 1.82) is 5.26 Å². The number of para-hydroxylation sites is 2. The Bertz CT molecular complexity index is 1250. The molecule has 0 radical (unpaired) electrons. The molecule has 0 bridgehead atoms. The van der Waals surface area contributed by atoms with Crippen LogP contribution in [0.5, 0.6) is 11.5 Å². The van der Waals surface area contributed by atoms with E-state index in [1.165, 1.54) is 0 Å². The van der Waals surface area contributed by atoms with Crippen molar-refractivity contribution in [2.24, 2.45) is 0 Å². The molecule has 0 saturated heterocycles. The number of esters is 1. The molecular formula is C32H36N2O6. The van der Waals surface area contributed by atoms with Crippen LogP contribution in [0, 0.1) is 11.3 Å². The molecule has 8 nitrogen and oxygen atoms in total. The molecule has 8 heteroatoms. The summed E-state index contributed by atoms with van der Waals surface area (Å²) in [6, 6.07) is 25.2. The molecule has 3 aromatic rings. The second kappa shape index (κ2) is 15.9. The van der Waals surface area contributed by atoms with Crippen molar-refractivity contribution in [1.82, 2.24) is 0 Å². The molecule has 3 aromatic carbocycles. The summed E-state index contributed by atoms with van der Waals surface area (Å²) in [6.45, 7) is 6.54. The van der Waals surface area contributed by atoms with E-state index in [1.807, 2.05) is 44.2 Å². The number of hydrogen-bond acceptors (Lipinski definition) is 7. The van der Waals surface area contributed by atoms with Crippen LogP contribution in [0.2, 0.25) is 0 Å². The molecule has 0 aliphatic rings. The van der Waals surface area contributed by atoms with Crippen molar-refractivity contribution in [2.75, 3.05) is 24.7 Å². The van der Waals surface area contributed by atoms with Crippen LogP contribution in [0.1, 0.15) is 56.0 Å². The molecule has 40 heavy (non-hydrogen) atoms. The van der Waals surface area contributed by atoms with Gasteiger partial charge in [-0.15, -0.1) is 0 Å². The lowest BCUT2D eigenvalue weighted by atomic mass is 10.1. The van der Waals surface area contributed by atoms with Gasteiger partial charge in [-0.05, 0) is 88.6 Å². The number of carbonyl (C=O) groups excluding carboxylic acids is 2. The van der Waals surface area contributed by atoms with Gasteiger partial charge in [0.25, 0.3) is 12.2 Å². The molecule has 0 saturated carbocycles. The highest BCUT2D eigenvalue weighted by atomic mass is 16.7. The Morgan fingerprint density at radius 3 is 2.23 bits per heavy atom. The van der Waals surface area contributed by atoms with Gasteiger partial charge in [0.1, 0.15) is 11.5 Å². The lowest BCUT2D eigenvalue weighted by Gasteiger charge is -2.28. The number of anilines is 1. The van der Waals surface area contributed by atoms with Gasteiger partial charge in [0.05, 0.1) is 37.0 Å². The fraction of sp³-hybridized carbons (Fsp3) is 0.344. The highest BCUT2D eigenvalue weighted by molar-refractivity contribution is 6.08. The molecular weight excluding hydrogens is 508 g/mol. The van der Waals surface area contributed by atoms with Gasteiger partial charge >= 0.3 is 5.97 Å². The van der Waals surface area contributed by atoms with Crippen LogP contribution in [0.3, 0.4) is 0 Å². The van der Waals surface area contributed by atoms with Crippen molar-refractivity contribution >= 4 is 17.6 Å². The maximum Gasteiger partial charge on any atom is 0.376 e. The standard InChI is InChI=1S/C32H36N2O6/c1-4-37-31(36)32(39-22-12-6-11-21-38-27-19-17-25(23-33)18-20-27)40-29-16-10-9-15-28(29)30(35)34(24(2)3)26-13-7-5-8-14-26/h5,7-10,13-20,24,32H,4,6,11-12,21-22H2,1-3H3. The Labute approximate surface area is 236 Å². The summed E-state index contributed by atoms with van der Waals surface area (Å²) in [5.74, 6) is 0.0461. The second-order valence-electron chi connectivity index (χ2n) is 9.22. The molecule has 1 unspecified atom stereocenters. The summed E-state index contributed by atoms with van der Waals surface area (Å²) in [6.07, 6.45) is 0.955. The molecule has 0 heterocycles. The molecule has 1 amide bonds. The third kappa shape index (κ3) is 8.85. The van der Waals surface area contributed by atoms with E-state index in [2.05, 4.69) is 6.07 Å². The third-order valence-electron chi connectivity index (χ3n) is 5.91. The first-order valence-corrected chi connectivity index (χ1v) is 13.5. The van der Waals surface area contributed by atoms with E-state index in [9.17, 15) is 9.59 Å². The van der Waals surface area contributed by atoms with Gasteiger partial charge in [0.2, 0.25) is 0 Å². The number of unbranched alkanes of at least 4 members (excludes halogenated alkanes) is 2. The fourth-order valence-corrected chi connectivity index (χ4v) is 3.98. The summed E-state index contributed by atoms with van der Waals surface area (Å²) in [5.41, 5.74) is 1.67. The predicted octanol–water partition coefficient (Wildman–Crippen LogP) is 6.15. The van der Waals surface area contributed by atoms with Crippen LogP contribution >= 0.6 is 0 Å². The van der Waals surface area contributed by atoms with E-state index < -0.39 is 12.3 Å². The zero-order valence-corrected chi connectivity index (χ0v) is 23.2. The summed E-state index contributed by atoms with van der Waals surface area (Å²) in [5, 5.41) is 8.88. The van der Waals surface area contributed by atoms with Crippen molar-refractivity contribution in [3.05, 3.63) is 90.0 Å². The largest absolute Gasteiger partial charge is 0.494 e. The number of amides is 1. The maximum absolute atomic E-state index is 13.6. The van der Waals surface area contributed by atoms with E-state index in [1.54, 1.807) is 60.4 Å². The minimum atomic E-state index is -1.31. The summed E-state index contributed by atoms with van der Waals surface area (Å²) >= 11 is 0. The van der Waals surface area contributed by atoms with E-state index in [-0.39, 0.29) is 30.9 Å². The van der Waals surface area contributed by atoms with Crippen LogP contribution in [-0.2, 0) is 14.3 Å². The van der Waals surface area contributed by atoms with Crippen LogP contribution in [-0.4, -0.2) is 44.0 Å². The summed E-state index contributed by atoms with van der Waals surface area (Å²) in [4.78, 5) is 28.0. The average molecular weight is 545 g/mol. The third-order valence-corrected chi connectivity index (χ3v) is 5.91. The molecule has 0 spiro atoms. The smallest absolute Gasteiger partial charge is 0.376 e. The zero-order valence-electron chi connectivity index (χ0n) is 23.2. The van der Waals surface area contributed by atoms with Gasteiger partial charge in [-0.1, -0.05) is 30.3 Å². The van der Waals surface area contributed by atoms with E-state index in [0.717, 1.165) is 18.5 Å². The van der Waals surface area contributed by atoms with Gasteiger partial charge in [0, 0.05) is 11.7 Å². The Morgan fingerprint density at radius 1 is 0.875 bits per heavy atom. The van der Waals surface area contributed by atoms with Gasteiger partial charge in [-0.3, -0.25) is 4.79 Å². The number of nitrogens with zero attached hydrogens (tertiary/aromatic N) is 2. The lowest BCUT2D eigenvalue weighted by molar-refractivity contribution is -0.177. The minimum absolute atomic E-state index is 0.110. The monoisotopic (exact) mass is 544 g/mol. The molecule has 1 atom stereocenters. The Hall–Kier alpha value is -4.35. The molecule has 0 aromatic heterocycles. The molecule has 210 valence electrons. The van der Waals surface area contributed by atoms with Gasteiger partial charge in [0.15, 0.2) is 0 Å². The van der Waals surface area contributed by atoms with Crippen molar-refractivity contribution in [3.63, 3.8) is 0 Å². The van der Waals surface area contributed by atoms with E-state index in [4.69, 9.17) is 24.2 Å². The quantitative estimate of drug-likeness (QED) is 0.129. The number of hydrogen-bond donors (Lipinski definition) is 0. The molecule has 0 aliphatic heterocycles. The van der Waals surface area contributed by atoms with E-state index >= 15 is 0 Å². The van der Waals surface area contributed by atoms with Gasteiger partial charge in [-0.25, -0.2) is 4.79 Å². The SMILES string of the molecule is CCOC(=O)C(OCCCCCOc1ccc(C#N)cc1)Oc1ccccc1C(=O)N(c1ccccc1)C(C)C. The number of benzene rings is 3. The minimum Gasteiger partial charge on any atom is -0.494 e. The molecule has 0 aliphatic carbocycles. The lowest BCUT2D eigenvalue weighted by Crippen LogP contribution is -2.38. The van der Waals surface area contributed by atoms with Crippen molar-refractivity contribution < 1.29 is 28.5 Å². The maximum atomic E-state index is 13.6. The number of carbonyl (C=O) groups is 2. The predicted molar refractivity (Wildman–Crippen MR) is 152 cm³/mol.